The second-order valence-corrected chi connectivity index (χ2v) is 4.11. The van der Waals surface area contributed by atoms with Crippen molar-refractivity contribution in [2.45, 2.75) is 19.3 Å². The van der Waals surface area contributed by atoms with E-state index in [9.17, 15) is 14.9 Å². The third-order valence-electron chi connectivity index (χ3n) is 2.70. The summed E-state index contributed by atoms with van der Waals surface area (Å²) in [4.78, 5) is 20.4. The van der Waals surface area contributed by atoms with Crippen LogP contribution in [0, 0.1) is 10.1 Å². The molecular formula is C12H16N2O4. The quantitative estimate of drug-likeness (QED) is 0.438. The van der Waals surface area contributed by atoms with Crippen LogP contribution >= 0.6 is 0 Å². The molecule has 6 nitrogen and oxygen atoms in total. The first-order valence-corrected chi connectivity index (χ1v) is 5.67. The molecule has 18 heavy (non-hydrogen) atoms. The number of carboxylic acid groups (broad SMARTS) is 1. The van der Waals surface area contributed by atoms with E-state index >= 15 is 0 Å². The summed E-state index contributed by atoms with van der Waals surface area (Å²) < 4.78 is 0. The van der Waals surface area contributed by atoms with Crippen molar-refractivity contribution in [2.75, 3.05) is 13.1 Å². The topological polar surface area (TPSA) is 92.5 Å². The minimum Gasteiger partial charge on any atom is -0.480 e. The molecule has 0 bridgehead atoms. The van der Waals surface area contributed by atoms with Crippen LogP contribution in [-0.2, 0) is 4.79 Å². The summed E-state index contributed by atoms with van der Waals surface area (Å²) in [6, 6.07) is 6.44. The highest BCUT2D eigenvalue weighted by Gasteiger charge is 2.09. The molecule has 6 heteroatoms. The molecule has 98 valence electrons. The Balaban J connectivity index is 2.44. The lowest BCUT2D eigenvalue weighted by molar-refractivity contribution is -0.384. The lowest BCUT2D eigenvalue weighted by Crippen LogP contribution is -2.24. The molecule has 1 rings (SSSR count). The Kier molecular flexibility index (Phi) is 5.26. The van der Waals surface area contributed by atoms with Gasteiger partial charge in [0.25, 0.3) is 5.69 Å². The first kappa shape index (κ1) is 14.1. The Morgan fingerprint density at radius 2 is 2.06 bits per heavy atom. The monoisotopic (exact) mass is 252 g/mol. The number of hydrogen-bond acceptors (Lipinski definition) is 4. The zero-order valence-electron chi connectivity index (χ0n) is 10.1. The molecule has 1 unspecified atom stereocenters. The maximum Gasteiger partial charge on any atom is 0.317 e. The number of nitrogens with one attached hydrogen (secondary N) is 1. The van der Waals surface area contributed by atoms with Crippen LogP contribution < -0.4 is 5.32 Å². The zero-order chi connectivity index (χ0) is 13.5. The second-order valence-electron chi connectivity index (χ2n) is 4.11. The van der Waals surface area contributed by atoms with Crippen molar-refractivity contribution < 1.29 is 14.8 Å². The molecule has 0 aliphatic rings. The fourth-order valence-electron chi connectivity index (χ4n) is 1.61. The molecule has 1 aromatic rings. The van der Waals surface area contributed by atoms with Gasteiger partial charge in [-0.05, 0) is 24.4 Å². The van der Waals surface area contributed by atoms with Crippen LogP contribution in [0.4, 0.5) is 5.69 Å². The molecule has 1 aromatic carbocycles. The van der Waals surface area contributed by atoms with E-state index in [1.807, 2.05) is 6.92 Å². The van der Waals surface area contributed by atoms with Gasteiger partial charge in [0.15, 0.2) is 0 Å². The first-order chi connectivity index (χ1) is 8.50. The van der Waals surface area contributed by atoms with Gasteiger partial charge in [-0.25, -0.2) is 0 Å². The van der Waals surface area contributed by atoms with Gasteiger partial charge in [-0.2, -0.15) is 0 Å². The third-order valence-corrected chi connectivity index (χ3v) is 2.70. The maximum absolute atomic E-state index is 10.5. The van der Waals surface area contributed by atoms with E-state index in [0.717, 1.165) is 12.0 Å². The predicted octanol–water partition coefficient (Wildman–Crippen LogP) is 1.76. The number of nitro benzene ring substituents is 1. The first-order valence-electron chi connectivity index (χ1n) is 5.67. The van der Waals surface area contributed by atoms with Gasteiger partial charge in [0.2, 0.25) is 0 Å². The lowest BCUT2D eigenvalue weighted by Gasteiger charge is -2.11. The van der Waals surface area contributed by atoms with E-state index < -0.39 is 10.9 Å². The Morgan fingerprint density at radius 3 is 2.56 bits per heavy atom. The van der Waals surface area contributed by atoms with Gasteiger partial charge < -0.3 is 10.4 Å². The molecule has 0 aliphatic carbocycles. The molecule has 0 heterocycles. The van der Waals surface area contributed by atoms with E-state index in [1.54, 1.807) is 12.1 Å². The van der Waals surface area contributed by atoms with Crippen molar-refractivity contribution >= 4 is 11.7 Å². The lowest BCUT2D eigenvalue weighted by atomic mass is 9.97. The number of carbonyl (C=O) groups is 1. The highest BCUT2D eigenvalue weighted by molar-refractivity contribution is 5.68. The van der Waals surface area contributed by atoms with E-state index in [2.05, 4.69) is 5.32 Å². The molecule has 2 N–H and O–H groups in total. The van der Waals surface area contributed by atoms with E-state index in [-0.39, 0.29) is 18.2 Å². The number of nitrogens with zero attached hydrogens (tertiary/aromatic N) is 1. The molecule has 0 fully saturated rings. The van der Waals surface area contributed by atoms with Crippen LogP contribution in [0.2, 0.25) is 0 Å². The Morgan fingerprint density at radius 1 is 1.44 bits per heavy atom. The van der Waals surface area contributed by atoms with Gasteiger partial charge in [-0.15, -0.1) is 0 Å². The highest BCUT2D eigenvalue weighted by Crippen LogP contribution is 2.21. The van der Waals surface area contributed by atoms with Crippen LogP contribution in [0.1, 0.15) is 24.8 Å². The molecule has 0 aliphatic heterocycles. The molecule has 0 saturated heterocycles. The van der Waals surface area contributed by atoms with Crippen molar-refractivity contribution in [1.29, 1.82) is 0 Å². The Bertz CT molecular complexity index is 417. The minimum atomic E-state index is -0.877. The fraction of sp³-hybridized carbons (Fsp3) is 0.417. The van der Waals surface area contributed by atoms with E-state index in [1.165, 1.54) is 12.1 Å². The second kappa shape index (κ2) is 6.70. The average Bonchev–Trinajstić information content (AvgIpc) is 2.34. The SMILES string of the molecule is CC(CCNCC(=O)O)c1ccc([N+](=O)[O-])cc1. The maximum atomic E-state index is 10.5. The summed E-state index contributed by atoms with van der Waals surface area (Å²) in [5, 5.41) is 21.8. The largest absolute Gasteiger partial charge is 0.480 e. The van der Waals surface area contributed by atoms with Crippen LogP contribution in [0.15, 0.2) is 24.3 Å². The summed E-state index contributed by atoms with van der Waals surface area (Å²) in [7, 11) is 0. The number of non-ortho nitro benzene ring substituents is 1. The van der Waals surface area contributed by atoms with Gasteiger partial charge in [-0.1, -0.05) is 19.1 Å². The highest BCUT2D eigenvalue weighted by atomic mass is 16.6. The third kappa shape index (κ3) is 4.50. The van der Waals surface area contributed by atoms with Crippen molar-refractivity contribution in [3.8, 4) is 0 Å². The molecular weight excluding hydrogens is 236 g/mol. The number of nitro groups is 1. The van der Waals surface area contributed by atoms with E-state index in [4.69, 9.17) is 5.11 Å². The summed E-state index contributed by atoms with van der Waals surface area (Å²) in [6.45, 7) is 2.56. The van der Waals surface area contributed by atoms with Crippen LogP contribution in [0.25, 0.3) is 0 Å². The molecule has 1 atom stereocenters. The molecule has 0 radical (unpaired) electrons. The van der Waals surface area contributed by atoms with Crippen molar-refractivity contribution in [1.82, 2.24) is 5.32 Å². The van der Waals surface area contributed by atoms with Crippen molar-refractivity contribution in [3.05, 3.63) is 39.9 Å². The van der Waals surface area contributed by atoms with Crippen molar-refractivity contribution in [3.63, 3.8) is 0 Å². The molecule has 0 saturated carbocycles. The number of hydrogen-bond donors (Lipinski definition) is 2. The van der Waals surface area contributed by atoms with Gasteiger partial charge in [0.05, 0.1) is 11.5 Å². The minimum absolute atomic E-state index is 0.0486. The number of aliphatic carboxylic acids is 1. The standard InChI is InChI=1S/C12H16N2O4/c1-9(6-7-13-8-12(15)16)10-2-4-11(5-3-10)14(17)18/h2-5,9,13H,6-8H2,1H3,(H,15,16). The fourth-order valence-corrected chi connectivity index (χ4v) is 1.61. The van der Waals surface area contributed by atoms with Crippen LogP contribution in [-0.4, -0.2) is 29.1 Å². The van der Waals surface area contributed by atoms with E-state index in [0.29, 0.717) is 6.54 Å². The van der Waals surface area contributed by atoms with Gasteiger partial charge in [0, 0.05) is 12.1 Å². The Labute approximate surface area is 105 Å². The molecule has 0 amide bonds. The zero-order valence-corrected chi connectivity index (χ0v) is 10.1. The summed E-state index contributed by atoms with van der Waals surface area (Å²) in [5.74, 6) is -0.648. The normalized spacial score (nSPS) is 12.1. The van der Waals surface area contributed by atoms with Crippen LogP contribution in [0.3, 0.4) is 0 Å². The van der Waals surface area contributed by atoms with Crippen molar-refractivity contribution in [2.24, 2.45) is 0 Å². The van der Waals surface area contributed by atoms with Gasteiger partial charge in [0.1, 0.15) is 0 Å². The van der Waals surface area contributed by atoms with Gasteiger partial charge >= 0.3 is 5.97 Å². The molecule has 0 aromatic heterocycles. The number of benzene rings is 1. The average molecular weight is 252 g/mol. The van der Waals surface area contributed by atoms with Crippen LogP contribution in [0.5, 0.6) is 0 Å². The predicted molar refractivity (Wildman–Crippen MR) is 66.6 cm³/mol. The summed E-state index contributed by atoms with van der Waals surface area (Å²) in [6.07, 6.45) is 0.783. The smallest absolute Gasteiger partial charge is 0.317 e. The summed E-state index contributed by atoms with van der Waals surface area (Å²) in [5.41, 5.74) is 1.09. The molecule has 0 spiro atoms. The number of carboxylic acids is 1. The van der Waals surface area contributed by atoms with Gasteiger partial charge in [-0.3, -0.25) is 14.9 Å². The summed E-state index contributed by atoms with van der Waals surface area (Å²) >= 11 is 0. The number of rotatable bonds is 7. The Hall–Kier alpha value is -1.95.